The molecule has 0 aromatic carbocycles. The first-order valence-corrected chi connectivity index (χ1v) is 7.67. The van der Waals surface area contributed by atoms with Crippen molar-refractivity contribution in [3.05, 3.63) is 25.9 Å². The smallest absolute Gasteiger partial charge is 0.267 e. The zero-order chi connectivity index (χ0) is 13.8. The fraction of sp³-hybridized carbons (Fsp3) is 0.615. The van der Waals surface area contributed by atoms with Gasteiger partial charge in [-0.05, 0) is 42.4 Å². The van der Waals surface area contributed by atoms with Gasteiger partial charge >= 0.3 is 0 Å². The van der Waals surface area contributed by atoms with Crippen LogP contribution in [0.1, 0.15) is 31.4 Å². The zero-order valence-corrected chi connectivity index (χ0v) is 13.2. The fourth-order valence-electron chi connectivity index (χ4n) is 2.22. The molecule has 1 aromatic rings. The lowest BCUT2D eigenvalue weighted by Crippen LogP contribution is -2.37. The number of likely N-dealkylation sites (tertiary alicyclic amines) is 1. The molecule has 19 heavy (non-hydrogen) atoms. The molecule has 0 unspecified atom stereocenters. The summed E-state index contributed by atoms with van der Waals surface area (Å²) in [5.74, 6) is 0.0189. The molecule has 0 aliphatic carbocycles. The van der Waals surface area contributed by atoms with Crippen LogP contribution in [-0.2, 0) is 11.3 Å². The number of carbonyl (C=O) groups is 1. The van der Waals surface area contributed by atoms with Crippen LogP contribution in [0, 0.1) is 10.5 Å². The summed E-state index contributed by atoms with van der Waals surface area (Å²) < 4.78 is 1.99. The van der Waals surface area contributed by atoms with Gasteiger partial charge in [-0.25, -0.2) is 4.98 Å². The number of carbonyl (C=O) groups excluding carboxylic acids is 1. The number of nitrogens with zero attached hydrogens (tertiary/aromatic N) is 3. The van der Waals surface area contributed by atoms with Gasteiger partial charge in [-0.15, -0.1) is 0 Å². The number of amides is 1. The monoisotopic (exact) mass is 375 g/mol. The summed E-state index contributed by atoms with van der Waals surface area (Å²) in [5.41, 5.74) is 0.584. The van der Waals surface area contributed by atoms with Crippen molar-refractivity contribution < 1.29 is 4.79 Å². The molecule has 1 fully saturated rings. The number of aromatic nitrogens is 2. The van der Waals surface area contributed by atoms with Gasteiger partial charge in [0.2, 0.25) is 5.91 Å². The van der Waals surface area contributed by atoms with Crippen LogP contribution in [0.3, 0.4) is 0 Å². The van der Waals surface area contributed by atoms with Crippen molar-refractivity contribution in [1.29, 1.82) is 0 Å². The molecular formula is C13H18IN3O2. The van der Waals surface area contributed by atoms with Crippen molar-refractivity contribution in [2.24, 2.45) is 0 Å². The van der Waals surface area contributed by atoms with Crippen molar-refractivity contribution >= 4 is 28.5 Å². The second-order valence-corrected chi connectivity index (χ2v) is 5.95. The molecular weight excluding hydrogens is 357 g/mol. The number of hydrogen-bond donors (Lipinski definition) is 0. The normalized spacial score (nSPS) is 16.2. The third kappa shape index (κ3) is 3.55. The van der Waals surface area contributed by atoms with E-state index in [0.29, 0.717) is 9.26 Å². The maximum Gasteiger partial charge on any atom is 0.267 e. The summed E-state index contributed by atoms with van der Waals surface area (Å²) in [7, 11) is 0. The van der Waals surface area contributed by atoms with E-state index >= 15 is 0 Å². The van der Waals surface area contributed by atoms with Gasteiger partial charge < -0.3 is 4.90 Å². The van der Waals surface area contributed by atoms with E-state index in [4.69, 9.17) is 0 Å². The minimum absolute atomic E-state index is 0.0189. The summed E-state index contributed by atoms with van der Waals surface area (Å²) in [5, 5.41) is 0. The lowest BCUT2D eigenvalue weighted by atomic mass is 10.2. The Morgan fingerprint density at radius 2 is 1.95 bits per heavy atom. The van der Waals surface area contributed by atoms with Crippen molar-refractivity contribution in [2.45, 2.75) is 39.2 Å². The molecule has 0 atom stereocenters. The summed E-state index contributed by atoms with van der Waals surface area (Å²) in [6.07, 6.45) is 5.96. The molecule has 1 aliphatic rings. The Kier molecular flexibility index (Phi) is 4.95. The zero-order valence-electron chi connectivity index (χ0n) is 11.1. The molecule has 0 radical (unpaired) electrons. The number of rotatable bonds is 2. The van der Waals surface area contributed by atoms with Crippen molar-refractivity contribution in [3.63, 3.8) is 0 Å². The largest absolute Gasteiger partial charge is 0.341 e. The lowest BCUT2D eigenvalue weighted by molar-refractivity contribution is -0.131. The summed E-state index contributed by atoms with van der Waals surface area (Å²) in [6, 6.07) is 0. The maximum atomic E-state index is 12.2. The average Bonchev–Trinajstić information content (AvgIpc) is 2.68. The first-order chi connectivity index (χ1) is 9.09. The standard InChI is InChI=1S/C13H18IN3O2/c1-10-12(14)13(19)17(9-15-10)8-11(18)16-6-4-2-3-5-7-16/h9H,2-8H2,1H3. The number of halogens is 1. The van der Waals surface area contributed by atoms with Gasteiger partial charge in [0.05, 0.1) is 15.6 Å². The molecule has 2 rings (SSSR count). The molecule has 0 saturated carbocycles. The van der Waals surface area contributed by atoms with Crippen LogP contribution < -0.4 is 5.56 Å². The third-order valence-corrected chi connectivity index (χ3v) is 4.66. The minimum Gasteiger partial charge on any atom is -0.341 e. The van der Waals surface area contributed by atoms with Crippen molar-refractivity contribution in [2.75, 3.05) is 13.1 Å². The van der Waals surface area contributed by atoms with E-state index in [-0.39, 0.29) is 18.0 Å². The molecule has 6 heteroatoms. The highest BCUT2D eigenvalue weighted by Crippen LogP contribution is 2.10. The van der Waals surface area contributed by atoms with E-state index in [1.54, 1.807) is 6.92 Å². The molecule has 1 saturated heterocycles. The highest BCUT2D eigenvalue weighted by atomic mass is 127. The Labute approximate surface area is 126 Å². The van der Waals surface area contributed by atoms with Crippen LogP contribution in [-0.4, -0.2) is 33.4 Å². The van der Waals surface area contributed by atoms with Crippen LogP contribution in [0.5, 0.6) is 0 Å². The van der Waals surface area contributed by atoms with Crippen LogP contribution in [0.15, 0.2) is 11.1 Å². The molecule has 1 aliphatic heterocycles. The van der Waals surface area contributed by atoms with Gasteiger partial charge in [0.1, 0.15) is 6.54 Å². The predicted molar refractivity (Wildman–Crippen MR) is 81.0 cm³/mol. The molecule has 0 N–H and O–H groups in total. The molecule has 2 heterocycles. The molecule has 104 valence electrons. The molecule has 1 aromatic heterocycles. The van der Waals surface area contributed by atoms with Gasteiger partial charge in [0.25, 0.3) is 5.56 Å². The fourth-order valence-corrected chi connectivity index (χ4v) is 2.67. The molecule has 5 nitrogen and oxygen atoms in total. The first kappa shape index (κ1) is 14.5. The highest BCUT2D eigenvalue weighted by molar-refractivity contribution is 14.1. The van der Waals surface area contributed by atoms with Crippen molar-refractivity contribution in [1.82, 2.24) is 14.5 Å². The summed E-state index contributed by atoms with van der Waals surface area (Å²) in [6.45, 7) is 3.51. The van der Waals surface area contributed by atoms with Crippen LogP contribution >= 0.6 is 22.6 Å². The first-order valence-electron chi connectivity index (χ1n) is 6.59. The number of hydrogen-bond acceptors (Lipinski definition) is 3. The van der Waals surface area contributed by atoms with E-state index < -0.39 is 0 Å². The van der Waals surface area contributed by atoms with Crippen LogP contribution in [0.4, 0.5) is 0 Å². The van der Waals surface area contributed by atoms with Gasteiger partial charge in [0, 0.05) is 13.1 Å². The third-order valence-electron chi connectivity index (χ3n) is 3.42. The SMILES string of the molecule is Cc1ncn(CC(=O)N2CCCCCC2)c(=O)c1I. The Bertz CT molecular complexity index is 519. The quantitative estimate of drug-likeness (QED) is 0.738. The lowest BCUT2D eigenvalue weighted by Gasteiger charge is -2.20. The van der Waals surface area contributed by atoms with E-state index in [1.807, 2.05) is 27.5 Å². The highest BCUT2D eigenvalue weighted by Gasteiger charge is 2.17. The average molecular weight is 375 g/mol. The van der Waals surface area contributed by atoms with E-state index in [1.165, 1.54) is 23.7 Å². The maximum absolute atomic E-state index is 12.2. The topological polar surface area (TPSA) is 55.2 Å². The Hall–Kier alpha value is -0.920. The van der Waals surface area contributed by atoms with E-state index in [0.717, 1.165) is 25.9 Å². The van der Waals surface area contributed by atoms with Gasteiger partial charge in [-0.3, -0.25) is 14.2 Å². The van der Waals surface area contributed by atoms with E-state index in [9.17, 15) is 9.59 Å². The molecule has 0 spiro atoms. The number of aryl methyl sites for hydroxylation is 1. The van der Waals surface area contributed by atoms with Crippen LogP contribution in [0.25, 0.3) is 0 Å². The second-order valence-electron chi connectivity index (χ2n) is 4.87. The minimum atomic E-state index is -0.128. The summed E-state index contributed by atoms with van der Waals surface area (Å²) in [4.78, 5) is 30.2. The molecule has 1 amide bonds. The predicted octanol–water partition coefficient (Wildman–Crippen LogP) is 1.56. The Balaban J connectivity index is 2.10. The Morgan fingerprint density at radius 1 is 1.32 bits per heavy atom. The van der Waals surface area contributed by atoms with Crippen molar-refractivity contribution in [3.8, 4) is 0 Å². The van der Waals surface area contributed by atoms with Gasteiger partial charge in [-0.2, -0.15) is 0 Å². The van der Waals surface area contributed by atoms with Crippen LogP contribution in [0.2, 0.25) is 0 Å². The van der Waals surface area contributed by atoms with Gasteiger partial charge in [0.15, 0.2) is 0 Å². The van der Waals surface area contributed by atoms with Gasteiger partial charge in [-0.1, -0.05) is 12.8 Å². The Morgan fingerprint density at radius 3 is 2.58 bits per heavy atom. The second kappa shape index (κ2) is 6.49. The van der Waals surface area contributed by atoms with E-state index in [2.05, 4.69) is 4.98 Å². The molecule has 0 bridgehead atoms. The summed E-state index contributed by atoms with van der Waals surface area (Å²) >= 11 is 1.98.